The Morgan fingerprint density at radius 2 is 1.83 bits per heavy atom. The van der Waals surface area contributed by atoms with E-state index in [-0.39, 0.29) is 0 Å². The predicted molar refractivity (Wildman–Crippen MR) is 74.4 cm³/mol. The summed E-state index contributed by atoms with van der Waals surface area (Å²) >= 11 is 0. The second kappa shape index (κ2) is 6.83. The first-order valence-electron chi connectivity index (χ1n) is 7.27. The van der Waals surface area contributed by atoms with Crippen LogP contribution in [0.1, 0.15) is 63.3 Å². The highest BCUT2D eigenvalue weighted by molar-refractivity contribution is 5.07. The molecule has 0 saturated heterocycles. The van der Waals surface area contributed by atoms with Gasteiger partial charge in [-0.1, -0.05) is 33.1 Å². The second-order valence-electron chi connectivity index (χ2n) is 5.81. The van der Waals surface area contributed by atoms with Gasteiger partial charge in [-0.3, -0.25) is 0 Å². The van der Waals surface area contributed by atoms with E-state index in [9.17, 15) is 0 Å². The van der Waals surface area contributed by atoms with Crippen molar-refractivity contribution < 1.29 is 0 Å². The van der Waals surface area contributed by atoms with Gasteiger partial charge in [0.1, 0.15) is 5.82 Å². The fraction of sp³-hybridized carbons (Fsp3) is 0.733. The summed E-state index contributed by atoms with van der Waals surface area (Å²) in [7, 11) is 0. The molecule has 1 fully saturated rings. The van der Waals surface area contributed by atoms with E-state index < -0.39 is 0 Å². The van der Waals surface area contributed by atoms with Gasteiger partial charge in [0, 0.05) is 30.4 Å². The van der Waals surface area contributed by atoms with Gasteiger partial charge in [-0.25, -0.2) is 9.97 Å². The first-order valence-corrected chi connectivity index (χ1v) is 7.27. The maximum atomic E-state index is 4.55. The molecular formula is C15H25N3. The molecule has 0 unspecified atom stereocenters. The molecule has 1 heterocycles. The monoisotopic (exact) mass is 247 g/mol. The van der Waals surface area contributed by atoms with Crippen LogP contribution in [0, 0.1) is 5.92 Å². The Morgan fingerprint density at radius 1 is 1.17 bits per heavy atom. The van der Waals surface area contributed by atoms with E-state index >= 15 is 0 Å². The highest BCUT2D eigenvalue weighted by atomic mass is 14.9. The van der Waals surface area contributed by atoms with Crippen LogP contribution >= 0.6 is 0 Å². The molecule has 1 N–H and O–H groups in total. The van der Waals surface area contributed by atoms with Gasteiger partial charge < -0.3 is 5.32 Å². The largest absolute Gasteiger partial charge is 0.312 e. The standard InChI is InChI=1S/C15H25N3/c1-12(2)8-16-9-13-10-17-15(18-11-13)14-6-4-3-5-7-14/h10-12,14,16H,3-9H2,1-2H3. The number of aromatic nitrogens is 2. The van der Waals surface area contributed by atoms with Crippen molar-refractivity contribution in [1.29, 1.82) is 0 Å². The van der Waals surface area contributed by atoms with Gasteiger partial charge in [-0.2, -0.15) is 0 Å². The van der Waals surface area contributed by atoms with E-state index in [2.05, 4.69) is 29.1 Å². The van der Waals surface area contributed by atoms with Gasteiger partial charge in [-0.05, 0) is 25.3 Å². The Labute approximate surface area is 110 Å². The summed E-state index contributed by atoms with van der Waals surface area (Å²) in [5.74, 6) is 2.35. The predicted octanol–water partition coefficient (Wildman–Crippen LogP) is 3.27. The van der Waals surface area contributed by atoms with Crippen LogP contribution in [0.5, 0.6) is 0 Å². The van der Waals surface area contributed by atoms with Crippen LogP contribution < -0.4 is 5.32 Å². The normalized spacial score (nSPS) is 17.3. The highest BCUT2D eigenvalue weighted by Crippen LogP contribution is 2.30. The molecular weight excluding hydrogens is 222 g/mol. The maximum absolute atomic E-state index is 4.55. The second-order valence-corrected chi connectivity index (χ2v) is 5.81. The summed E-state index contributed by atoms with van der Waals surface area (Å²) in [6.45, 7) is 6.36. The van der Waals surface area contributed by atoms with Gasteiger partial charge in [-0.15, -0.1) is 0 Å². The third kappa shape index (κ3) is 4.05. The average Bonchev–Trinajstić information content (AvgIpc) is 2.40. The van der Waals surface area contributed by atoms with E-state index in [4.69, 9.17) is 0 Å². The molecule has 18 heavy (non-hydrogen) atoms. The summed E-state index contributed by atoms with van der Waals surface area (Å²) in [5.41, 5.74) is 1.19. The van der Waals surface area contributed by atoms with Crippen molar-refractivity contribution in [3.05, 3.63) is 23.8 Å². The third-order valence-corrected chi connectivity index (χ3v) is 3.58. The smallest absolute Gasteiger partial charge is 0.131 e. The molecule has 1 aliphatic rings. The van der Waals surface area contributed by atoms with Gasteiger partial charge in [0.15, 0.2) is 0 Å². The third-order valence-electron chi connectivity index (χ3n) is 3.58. The summed E-state index contributed by atoms with van der Waals surface area (Å²) in [4.78, 5) is 9.10. The minimum Gasteiger partial charge on any atom is -0.312 e. The molecule has 0 spiro atoms. The van der Waals surface area contributed by atoms with Gasteiger partial charge >= 0.3 is 0 Å². The number of nitrogens with zero attached hydrogens (tertiary/aromatic N) is 2. The van der Waals surface area contributed by atoms with Crippen molar-refractivity contribution in [1.82, 2.24) is 15.3 Å². The van der Waals surface area contributed by atoms with Crippen molar-refractivity contribution in [2.75, 3.05) is 6.54 Å². The number of rotatable bonds is 5. The molecule has 1 aromatic heterocycles. The quantitative estimate of drug-likeness (QED) is 0.867. The molecule has 0 atom stereocenters. The lowest BCUT2D eigenvalue weighted by molar-refractivity contribution is 0.428. The van der Waals surface area contributed by atoms with E-state index in [1.807, 2.05) is 12.4 Å². The molecule has 2 rings (SSSR count). The van der Waals surface area contributed by atoms with Crippen LogP contribution in [0.15, 0.2) is 12.4 Å². The molecule has 0 amide bonds. The van der Waals surface area contributed by atoms with Crippen LogP contribution in [-0.2, 0) is 6.54 Å². The minimum atomic E-state index is 0.608. The van der Waals surface area contributed by atoms with Crippen molar-refractivity contribution >= 4 is 0 Å². The van der Waals surface area contributed by atoms with E-state index in [1.54, 1.807) is 0 Å². The first kappa shape index (κ1) is 13.5. The lowest BCUT2D eigenvalue weighted by Crippen LogP contribution is -2.19. The van der Waals surface area contributed by atoms with Crippen molar-refractivity contribution in [2.45, 2.75) is 58.4 Å². The number of nitrogens with one attached hydrogen (secondary N) is 1. The zero-order chi connectivity index (χ0) is 12.8. The van der Waals surface area contributed by atoms with Gasteiger partial charge in [0.25, 0.3) is 0 Å². The number of hydrogen-bond donors (Lipinski definition) is 1. The van der Waals surface area contributed by atoms with E-state index in [0.717, 1.165) is 18.9 Å². The molecule has 100 valence electrons. The number of hydrogen-bond acceptors (Lipinski definition) is 3. The lowest BCUT2D eigenvalue weighted by Gasteiger charge is -2.20. The summed E-state index contributed by atoms with van der Waals surface area (Å²) < 4.78 is 0. The molecule has 3 heteroatoms. The van der Waals surface area contributed by atoms with Crippen molar-refractivity contribution in [2.24, 2.45) is 5.92 Å². The maximum Gasteiger partial charge on any atom is 0.131 e. The Balaban J connectivity index is 1.84. The van der Waals surface area contributed by atoms with E-state index in [0.29, 0.717) is 11.8 Å². The molecule has 0 aliphatic heterocycles. The minimum absolute atomic E-state index is 0.608. The van der Waals surface area contributed by atoms with Gasteiger partial charge in [0.05, 0.1) is 0 Å². The molecule has 0 aromatic carbocycles. The van der Waals surface area contributed by atoms with Crippen molar-refractivity contribution in [3.8, 4) is 0 Å². The van der Waals surface area contributed by atoms with Crippen LogP contribution in [0.3, 0.4) is 0 Å². The summed E-state index contributed by atoms with van der Waals surface area (Å²) in [5, 5.41) is 3.42. The fourth-order valence-electron chi connectivity index (χ4n) is 2.53. The Hall–Kier alpha value is -0.960. The van der Waals surface area contributed by atoms with Gasteiger partial charge in [0.2, 0.25) is 0 Å². The topological polar surface area (TPSA) is 37.8 Å². The Morgan fingerprint density at radius 3 is 2.44 bits per heavy atom. The average molecular weight is 247 g/mol. The van der Waals surface area contributed by atoms with Crippen molar-refractivity contribution in [3.63, 3.8) is 0 Å². The molecule has 1 aliphatic carbocycles. The van der Waals surface area contributed by atoms with E-state index in [1.165, 1.54) is 37.7 Å². The van der Waals surface area contributed by atoms with Crippen LogP contribution in [0.25, 0.3) is 0 Å². The highest BCUT2D eigenvalue weighted by Gasteiger charge is 2.17. The zero-order valence-corrected chi connectivity index (χ0v) is 11.7. The molecule has 0 radical (unpaired) electrons. The van der Waals surface area contributed by atoms with Crippen LogP contribution in [-0.4, -0.2) is 16.5 Å². The molecule has 1 saturated carbocycles. The molecule has 3 nitrogen and oxygen atoms in total. The summed E-state index contributed by atoms with van der Waals surface area (Å²) in [6, 6.07) is 0. The zero-order valence-electron chi connectivity index (χ0n) is 11.7. The fourth-order valence-corrected chi connectivity index (χ4v) is 2.53. The SMILES string of the molecule is CC(C)CNCc1cnc(C2CCCCC2)nc1. The van der Waals surface area contributed by atoms with Crippen LogP contribution in [0.2, 0.25) is 0 Å². The first-order chi connectivity index (χ1) is 8.75. The Kier molecular flexibility index (Phi) is 5.12. The Bertz CT molecular complexity index is 339. The summed E-state index contributed by atoms with van der Waals surface area (Å²) in [6.07, 6.45) is 10.6. The van der Waals surface area contributed by atoms with Crippen LogP contribution in [0.4, 0.5) is 0 Å². The lowest BCUT2D eigenvalue weighted by atomic mass is 9.89. The molecule has 1 aromatic rings. The molecule has 0 bridgehead atoms.